The van der Waals surface area contributed by atoms with Gasteiger partial charge in [0.1, 0.15) is 17.7 Å². The van der Waals surface area contributed by atoms with Crippen LogP contribution < -0.4 is 11.2 Å². The fraction of sp³-hybridized carbons (Fsp3) is 0.321. The maximum atomic E-state index is 12.7. The molecule has 6 rings (SSSR count). The molecule has 2 aromatic rings. The molecule has 3 unspecified atom stereocenters. The first-order chi connectivity index (χ1) is 18.4. The lowest BCUT2D eigenvalue weighted by Gasteiger charge is -2.33. The number of piperidine rings is 1. The highest BCUT2D eigenvalue weighted by atomic mass is 16.4. The number of aliphatic carboxylic acids is 1. The van der Waals surface area contributed by atoms with Crippen molar-refractivity contribution in [3.8, 4) is 0 Å². The van der Waals surface area contributed by atoms with Gasteiger partial charge in [0.15, 0.2) is 0 Å². The number of carboxylic acid groups (broad SMARTS) is 1. The van der Waals surface area contributed by atoms with Crippen molar-refractivity contribution in [1.82, 2.24) is 9.88 Å². The van der Waals surface area contributed by atoms with Crippen LogP contribution >= 0.6 is 0 Å². The Morgan fingerprint density at radius 3 is 2.76 bits per heavy atom. The zero-order valence-corrected chi connectivity index (χ0v) is 20.9. The van der Waals surface area contributed by atoms with Crippen LogP contribution in [0.4, 0.5) is 5.82 Å². The van der Waals surface area contributed by atoms with Gasteiger partial charge < -0.3 is 15.3 Å². The monoisotopic (exact) mass is 512 g/mol. The molecule has 4 atom stereocenters. The largest absolute Gasteiger partial charge is 0.481 e. The molecule has 0 radical (unpaired) electrons. The van der Waals surface area contributed by atoms with Gasteiger partial charge >= 0.3 is 5.97 Å². The maximum absolute atomic E-state index is 12.7. The summed E-state index contributed by atoms with van der Waals surface area (Å²) in [5.41, 5.74) is 3.11. The van der Waals surface area contributed by atoms with Crippen LogP contribution in [0.2, 0.25) is 0 Å². The number of amides is 1. The summed E-state index contributed by atoms with van der Waals surface area (Å²) in [4.78, 5) is 39.9. The summed E-state index contributed by atoms with van der Waals surface area (Å²) in [6.07, 6.45) is 9.71. The van der Waals surface area contributed by atoms with Crippen LogP contribution in [0, 0.1) is 17.8 Å². The smallest absolute Gasteiger partial charge is 0.306 e. The number of amidine groups is 1. The predicted molar refractivity (Wildman–Crippen MR) is 143 cm³/mol. The average molecular weight is 513 g/mol. The number of anilines is 1. The number of nitrogens with two attached hydrogens (primary N) is 1. The lowest BCUT2D eigenvalue weighted by Crippen LogP contribution is -2.53. The predicted octanol–water partition coefficient (Wildman–Crippen LogP) is 2.98. The number of carbonyl (C=O) groups excluding carboxylic acids is 1. The normalized spacial score (nSPS) is 28.1. The second-order valence-electron chi connectivity index (χ2n) is 10.3. The molecule has 1 saturated carbocycles. The van der Waals surface area contributed by atoms with E-state index in [9.17, 15) is 14.7 Å². The highest BCUT2D eigenvalue weighted by Crippen LogP contribution is 2.41. The number of allylic oxidation sites excluding steroid dienone is 1. The van der Waals surface area contributed by atoms with Crippen LogP contribution in [0.1, 0.15) is 35.2 Å². The van der Waals surface area contributed by atoms with Gasteiger partial charge in [-0.3, -0.25) is 14.6 Å². The zero-order chi connectivity index (χ0) is 26.3. The van der Waals surface area contributed by atoms with Crippen molar-refractivity contribution in [2.24, 2.45) is 33.6 Å². The number of carbonyl (C=O) groups is 2. The Balaban J connectivity index is 1.22. The van der Waals surface area contributed by atoms with Gasteiger partial charge in [-0.15, -0.1) is 4.59 Å². The number of aromatic nitrogens is 1. The van der Waals surface area contributed by atoms with E-state index in [0.717, 1.165) is 55.9 Å². The zero-order valence-electron chi connectivity index (χ0n) is 20.9. The van der Waals surface area contributed by atoms with E-state index in [0.29, 0.717) is 17.2 Å². The van der Waals surface area contributed by atoms with Gasteiger partial charge in [-0.1, -0.05) is 6.07 Å². The van der Waals surface area contributed by atoms with Crippen molar-refractivity contribution in [2.75, 3.05) is 25.0 Å². The van der Waals surface area contributed by atoms with Gasteiger partial charge in [0.05, 0.1) is 23.9 Å². The van der Waals surface area contributed by atoms with Crippen LogP contribution in [0.15, 0.2) is 82.4 Å². The van der Waals surface area contributed by atoms with E-state index in [2.05, 4.69) is 20.2 Å². The van der Waals surface area contributed by atoms with Crippen LogP contribution in [-0.2, 0) is 4.79 Å². The Morgan fingerprint density at radius 1 is 1.18 bits per heavy atom. The molecule has 38 heavy (non-hydrogen) atoms. The van der Waals surface area contributed by atoms with Gasteiger partial charge in [0.25, 0.3) is 11.7 Å². The third-order valence-electron chi connectivity index (χ3n) is 7.76. The maximum Gasteiger partial charge on any atom is 0.306 e. The average Bonchev–Trinajstić information content (AvgIpc) is 3.63. The molecule has 0 spiro atoms. The lowest BCUT2D eigenvalue weighted by molar-refractivity contribution is -0.750. The number of benzene rings is 1. The Kier molecular flexibility index (Phi) is 6.22. The minimum absolute atomic E-state index is 0.0709. The van der Waals surface area contributed by atoms with Crippen molar-refractivity contribution in [3.63, 3.8) is 0 Å². The summed E-state index contributed by atoms with van der Waals surface area (Å²) < 4.78 is -0.0709. The molecule has 4 heterocycles. The second-order valence-corrected chi connectivity index (χ2v) is 10.3. The van der Waals surface area contributed by atoms with Gasteiger partial charge in [-0.2, -0.15) is 10.8 Å². The molecule has 10 nitrogen and oxygen atoms in total. The summed E-state index contributed by atoms with van der Waals surface area (Å²) >= 11 is 0. The molecular weight excluding hydrogens is 482 g/mol. The Morgan fingerprint density at radius 2 is 2.03 bits per heavy atom. The lowest BCUT2D eigenvalue weighted by atomic mass is 9.93. The summed E-state index contributed by atoms with van der Waals surface area (Å²) in [6.45, 7) is 2.60. The number of hydrogen-bond acceptors (Lipinski definition) is 7. The van der Waals surface area contributed by atoms with Gasteiger partial charge in [-0.25, -0.2) is 4.98 Å². The van der Waals surface area contributed by atoms with Gasteiger partial charge in [0.2, 0.25) is 5.70 Å². The first-order valence-electron chi connectivity index (χ1n) is 12.9. The number of hydrogen-bond donors (Lipinski definition) is 3. The molecule has 10 heteroatoms. The third-order valence-corrected chi connectivity index (χ3v) is 7.76. The molecule has 1 amide bonds. The minimum atomic E-state index is -0.686. The van der Waals surface area contributed by atoms with E-state index in [1.54, 1.807) is 42.9 Å². The highest BCUT2D eigenvalue weighted by molar-refractivity contribution is 6.05. The van der Waals surface area contributed by atoms with Crippen LogP contribution in [0.3, 0.4) is 0 Å². The third kappa shape index (κ3) is 4.58. The van der Waals surface area contributed by atoms with Gasteiger partial charge in [0, 0.05) is 30.8 Å². The van der Waals surface area contributed by atoms with Gasteiger partial charge in [-0.05, 0) is 68.1 Å². The number of rotatable bonds is 7. The van der Waals surface area contributed by atoms with Crippen molar-refractivity contribution in [3.05, 3.63) is 83.6 Å². The SMILES string of the molecule is N[N+]12C=CN=CC1=C([C@@H]1CCCN(CC3CC3C(=O)O)C1)N=C2c1ccc(C(=O)Nc2ccccn2)cc1. The van der Waals surface area contributed by atoms with Crippen molar-refractivity contribution < 1.29 is 19.3 Å². The Labute approximate surface area is 220 Å². The molecule has 0 bridgehead atoms. The van der Waals surface area contributed by atoms with E-state index < -0.39 is 5.97 Å². The summed E-state index contributed by atoms with van der Waals surface area (Å²) in [5, 5.41) is 12.1. The van der Waals surface area contributed by atoms with Crippen molar-refractivity contribution in [2.45, 2.75) is 19.3 Å². The standard InChI is InChI=1S/C28H29N7O3/c29-35-13-11-30-15-23(35)25(20-4-3-12-34(16-20)17-21-14-22(21)28(37)38)33-26(35)18-6-8-19(9-7-18)27(36)32-24-5-1-2-10-31-24/h1-2,5-11,13,15,20-22H,3-4,12,14,16-17,29H2,(H-,31,32,36,37,38)/p+1/t20-,21?,22?,35?/m1/s1. The van der Waals surface area contributed by atoms with Crippen LogP contribution in [0.5, 0.6) is 0 Å². The Bertz CT molecular complexity index is 1380. The topological polar surface area (TPSA) is 133 Å². The molecule has 2 fully saturated rings. The molecule has 4 N–H and O–H groups in total. The number of fused-ring (bicyclic) bond motifs is 1. The fourth-order valence-corrected chi connectivity index (χ4v) is 5.63. The number of aliphatic imine (C=N–C) groups is 2. The van der Waals surface area contributed by atoms with Crippen LogP contribution in [0.25, 0.3) is 0 Å². The fourth-order valence-electron chi connectivity index (χ4n) is 5.63. The quantitative estimate of drug-likeness (QED) is 0.386. The first kappa shape index (κ1) is 24.4. The summed E-state index contributed by atoms with van der Waals surface area (Å²) in [5.74, 6) is 7.38. The molecule has 1 aliphatic carbocycles. The number of carboxylic acids is 1. The molecule has 1 aromatic carbocycles. The first-order valence-corrected chi connectivity index (χ1v) is 12.9. The molecule has 1 saturated heterocycles. The number of nitrogens with one attached hydrogen (secondary N) is 1. The number of nitrogens with zero attached hydrogens (tertiary/aromatic N) is 5. The number of likely N-dealkylation sites (tertiary alicyclic amines) is 1. The molecule has 1 aromatic heterocycles. The van der Waals surface area contributed by atoms with E-state index in [1.807, 2.05) is 24.4 Å². The molecule has 4 aliphatic rings. The van der Waals surface area contributed by atoms with E-state index in [-0.39, 0.29) is 28.3 Å². The van der Waals surface area contributed by atoms with Crippen molar-refractivity contribution in [1.29, 1.82) is 0 Å². The molecule has 3 aliphatic heterocycles. The molecular formula is C28H30N7O3+. The highest BCUT2D eigenvalue weighted by Gasteiger charge is 2.47. The second kappa shape index (κ2) is 9.71. The molecule has 194 valence electrons. The Hall–Kier alpha value is -3.99. The number of quaternary nitrogens is 1. The van der Waals surface area contributed by atoms with E-state index >= 15 is 0 Å². The summed E-state index contributed by atoms with van der Waals surface area (Å²) in [6, 6.07) is 12.6. The minimum Gasteiger partial charge on any atom is -0.481 e. The summed E-state index contributed by atoms with van der Waals surface area (Å²) in [7, 11) is 0. The van der Waals surface area contributed by atoms with Crippen LogP contribution in [-0.4, -0.2) is 63.1 Å². The van der Waals surface area contributed by atoms with Crippen molar-refractivity contribution >= 4 is 29.7 Å². The van der Waals surface area contributed by atoms with E-state index in [1.165, 1.54) is 0 Å². The van der Waals surface area contributed by atoms with E-state index in [4.69, 9.17) is 10.8 Å². The number of pyridine rings is 1.